The van der Waals surface area contributed by atoms with Gasteiger partial charge < -0.3 is 9.84 Å². The van der Waals surface area contributed by atoms with Crippen LogP contribution in [0.15, 0.2) is 38.0 Å². The van der Waals surface area contributed by atoms with E-state index in [2.05, 4.69) is 25.8 Å². The predicted molar refractivity (Wildman–Crippen MR) is 83.6 cm³/mol. The van der Waals surface area contributed by atoms with Gasteiger partial charge in [-0.05, 0) is 49.4 Å². The van der Waals surface area contributed by atoms with E-state index in [4.69, 9.17) is 4.74 Å². The number of hydrogen-bond acceptors (Lipinski definition) is 2. The molecule has 7 fully saturated rings. The minimum absolute atomic E-state index is 0.0840. The minimum atomic E-state index is -0.908. The molecule has 5 aliphatic carbocycles. The maximum Gasteiger partial charge on any atom is 0.176 e. The van der Waals surface area contributed by atoms with Crippen molar-refractivity contribution in [2.24, 2.45) is 46.3 Å². The summed E-state index contributed by atoms with van der Waals surface area (Å²) in [6.07, 6.45) is 10.2. The van der Waals surface area contributed by atoms with Crippen LogP contribution in [0, 0.1) is 46.3 Å². The van der Waals surface area contributed by atoms with Crippen molar-refractivity contribution in [1.82, 2.24) is 0 Å². The first-order valence-corrected chi connectivity index (χ1v) is 8.86. The van der Waals surface area contributed by atoms with Gasteiger partial charge in [0, 0.05) is 22.7 Å². The topological polar surface area (TPSA) is 29.5 Å². The Hall–Kier alpha value is -0.860. The molecule has 2 heterocycles. The van der Waals surface area contributed by atoms with Gasteiger partial charge in [-0.25, -0.2) is 0 Å². The van der Waals surface area contributed by atoms with Crippen molar-refractivity contribution in [3.8, 4) is 0 Å². The second kappa shape index (κ2) is 3.06. The molecule has 7 aliphatic rings. The quantitative estimate of drug-likeness (QED) is 0.762. The third kappa shape index (κ3) is 0.681. The van der Waals surface area contributed by atoms with Gasteiger partial charge in [0.25, 0.3) is 0 Å². The second-order valence-electron chi connectivity index (χ2n) is 8.78. The fourth-order valence-corrected chi connectivity index (χ4v) is 9.82. The predicted octanol–water partition coefficient (Wildman–Crippen LogP) is 3.30. The summed E-state index contributed by atoms with van der Waals surface area (Å²) in [5.41, 5.74) is -0.191. The molecular formula is C20H24O2. The summed E-state index contributed by atoms with van der Waals surface area (Å²) in [4.78, 5) is 0. The molecule has 0 aromatic rings. The Morgan fingerprint density at radius 3 is 2.14 bits per heavy atom. The molecule has 2 heteroatoms. The lowest BCUT2D eigenvalue weighted by molar-refractivity contribution is -0.265. The van der Waals surface area contributed by atoms with E-state index < -0.39 is 5.79 Å². The molecule has 0 amide bonds. The Morgan fingerprint density at radius 1 is 0.864 bits per heavy atom. The van der Waals surface area contributed by atoms with Gasteiger partial charge in [-0.15, -0.1) is 19.7 Å². The summed E-state index contributed by atoms with van der Waals surface area (Å²) in [5.74, 6) is 2.89. The van der Waals surface area contributed by atoms with E-state index in [1.54, 1.807) is 0 Å². The first-order valence-electron chi connectivity index (χ1n) is 8.86. The molecule has 1 N–H and O–H groups in total. The van der Waals surface area contributed by atoms with Crippen molar-refractivity contribution in [2.45, 2.75) is 37.1 Å². The summed E-state index contributed by atoms with van der Waals surface area (Å²) >= 11 is 0. The minimum Gasteiger partial charge on any atom is -0.365 e. The highest BCUT2D eigenvalue weighted by atomic mass is 16.7. The Morgan fingerprint density at radius 2 is 1.45 bits per heavy atom. The monoisotopic (exact) mass is 296 g/mol. The van der Waals surface area contributed by atoms with Gasteiger partial charge in [0.05, 0.1) is 5.60 Å². The average molecular weight is 296 g/mol. The lowest BCUT2D eigenvalue weighted by Gasteiger charge is -2.66. The van der Waals surface area contributed by atoms with Gasteiger partial charge in [0.2, 0.25) is 0 Å². The molecule has 2 saturated heterocycles. The van der Waals surface area contributed by atoms with Crippen molar-refractivity contribution >= 4 is 0 Å². The third-order valence-electron chi connectivity index (χ3n) is 9.20. The van der Waals surface area contributed by atoms with Gasteiger partial charge in [-0.1, -0.05) is 18.2 Å². The third-order valence-corrected chi connectivity index (χ3v) is 9.20. The molecule has 4 bridgehead atoms. The highest BCUT2D eigenvalue weighted by molar-refractivity contribution is 5.51. The van der Waals surface area contributed by atoms with Crippen LogP contribution in [0.2, 0.25) is 0 Å². The average Bonchev–Trinajstić information content (AvgIpc) is 3.14. The fourth-order valence-electron chi connectivity index (χ4n) is 9.82. The highest BCUT2D eigenvalue weighted by Crippen LogP contribution is 3.02. The molecule has 116 valence electrons. The Bertz CT molecular complexity index is 654. The number of aliphatic hydroxyl groups is 1. The molecule has 22 heavy (non-hydrogen) atoms. The molecule has 6 unspecified atom stereocenters. The van der Waals surface area contributed by atoms with Gasteiger partial charge in [-0.3, -0.25) is 0 Å². The SMILES string of the molecule is C=CC[C@]12C3C4CC5C3[C@@]1(CC=C)[C@]1(O)O[C@@]2(CC=C)C4C51. The molecule has 2 nitrogen and oxygen atoms in total. The highest BCUT2D eigenvalue weighted by Gasteiger charge is 3.06. The molecular weight excluding hydrogens is 272 g/mol. The lowest BCUT2D eigenvalue weighted by atomic mass is 9.35. The molecule has 2 aliphatic heterocycles. The van der Waals surface area contributed by atoms with Crippen molar-refractivity contribution in [1.29, 1.82) is 0 Å². The van der Waals surface area contributed by atoms with Crippen LogP contribution < -0.4 is 0 Å². The number of allylic oxidation sites excluding steroid dienone is 2. The standard InChI is InChI=1S/C20H24O2/c1-4-7-17-13-11-10-12-14(13)18(17,8-5-2)20(21)16(12)15(11)19(17,22-20)9-6-3/h4-6,11-16,21H,1-3,7-10H2/t11?,12?,13?,14?,15?,16?,17-,18+,19-,20+/m0/s1. The summed E-state index contributed by atoms with van der Waals surface area (Å²) in [7, 11) is 0. The van der Waals surface area contributed by atoms with Crippen LogP contribution >= 0.6 is 0 Å². The smallest absolute Gasteiger partial charge is 0.176 e. The molecule has 10 atom stereocenters. The van der Waals surface area contributed by atoms with Crippen molar-refractivity contribution in [3.05, 3.63) is 38.0 Å². The van der Waals surface area contributed by atoms with Crippen LogP contribution in [0.3, 0.4) is 0 Å². The van der Waals surface area contributed by atoms with E-state index in [9.17, 15) is 5.11 Å². The van der Waals surface area contributed by atoms with Crippen LogP contribution in [-0.4, -0.2) is 16.5 Å². The van der Waals surface area contributed by atoms with Crippen LogP contribution in [0.4, 0.5) is 0 Å². The maximum absolute atomic E-state index is 11.8. The Labute approximate surface area is 131 Å². The molecule has 0 aromatic heterocycles. The van der Waals surface area contributed by atoms with E-state index in [0.717, 1.165) is 31.1 Å². The first kappa shape index (κ1) is 12.5. The summed E-state index contributed by atoms with van der Waals surface area (Å²) < 4.78 is 6.68. The van der Waals surface area contributed by atoms with E-state index in [1.165, 1.54) is 6.42 Å². The van der Waals surface area contributed by atoms with Gasteiger partial charge >= 0.3 is 0 Å². The zero-order valence-electron chi connectivity index (χ0n) is 13.0. The Kier molecular flexibility index (Phi) is 1.74. The van der Waals surface area contributed by atoms with Crippen LogP contribution in [0.5, 0.6) is 0 Å². The lowest BCUT2D eigenvalue weighted by Crippen LogP contribution is -2.69. The Balaban J connectivity index is 1.70. The largest absolute Gasteiger partial charge is 0.365 e. The number of ether oxygens (including phenoxy) is 1. The molecule has 0 radical (unpaired) electrons. The number of hydrogen-bond donors (Lipinski definition) is 1. The zero-order chi connectivity index (χ0) is 15.1. The van der Waals surface area contributed by atoms with Gasteiger partial charge in [0.15, 0.2) is 5.79 Å². The van der Waals surface area contributed by atoms with Gasteiger partial charge in [-0.2, -0.15) is 0 Å². The van der Waals surface area contributed by atoms with Crippen LogP contribution in [-0.2, 0) is 4.74 Å². The summed E-state index contributed by atoms with van der Waals surface area (Å²) in [6.45, 7) is 12.1. The molecule has 7 rings (SSSR count). The van der Waals surface area contributed by atoms with E-state index in [1.807, 2.05) is 12.2 Å². The maximum atomic E-state index is 11.8. The summed E-state index contributed by atoms with van der Waals surface area (Å²) in [6, 6.07) is 0. The van der Waals surface area contributed by atoms with Crippen molar-refractivity contribution < 1.29 is 9.84 Å². The number of rotatable bonds is 6. The fraction of sp³-hybridized carbons (Fsp3) is 0.700. The zero-order valence-corrected chi connectivity index (χ0v) is 13.0. The van der Waals surface area contributed by atoms with Crippen LogP contribution in [0.25, 0.3) is 0 Å². The van der Waals surface area contributed by atoms with Crippen LogP contribution in [0.1, 0.15) is 25.7 Å². The molecule has 0 aromatic carbocycles. The van der Waals surface area contributed by atoms with Crippen molar-refractivity contribution in [3.63, 3.8) is 0 Å². The second-order valence-corrected chi connectivity index (χ2v) is 8.78. The van der Waals surface area contributed by atoms with E-state index in [0.29, 0.717) is 23.7 Å². The molecule has 5 saturated carbocycles. The van der Waals surface area contributed by atoms with E-state index in [-0.39, 0.29) is 16.4 Å². The first-order chi connectivity index (χ1) is 10.6. The van der Waals surface area contributed by atoms with E-state index >= 15 is 0 Å². The normalized spacial score (nSPS) is 69.7. The summed E-state index contributed by atoms with van der Waals surface area (Å²) in [5, 5.41) is 11.8. The molecule has 0 spiro atoms. The van der Waals surface area contributed by atoms with Gasteiger partial charge in [0.1, 0.15) is 0 Å². The van der Waals surface area contributed by atoms with Crippen molar-refractivity contribution in [2.75, 3.05) is 0 Å².